The van der Waals surface area contributed by atoms with Crippen LogP contribution in [0.4, 0.5) is 0 Å². The van der Waals surface area contributed by atoms with E-state index in [0.29, 0.717) is 23.5 Å². The zero-order valence-electron chi connectivity index (χ0n) is 12.1. The van der Waals surface area contributed by atoms with Crippen LogP contribution in [0.2, 0.25) is 0 Å². The highest BCUT2D eigenvalue weighted by Crippen LogP contribution is 2.57. The largest absolute Gasteiger partial charge is 0.298 e. The van der Waals surface area contributed by atoms with Crippen LogP contribution in [0.25, 0.3) is 0 Å². The smallest absolute Gasteiger partial charge is 0.153 e. The van der Waals surface area contributed by atoms with Gasteiger partial charge in [0.25, 0.3) is 0 Å². The Morgan fingerprint density at radius 1 is 1.11 bits per heavy atom. The van der Waals surface area contributed by atoms with Crippen molar-refractivity contribution in [3.8, 4) is 6.07 Å². The van der Waals surface area contributed by atoms with Crippen molar-refractivity contribution in [1.82, 2.24) is 0 Å². The lowest BCUT2D eigenvalue weighted by molar-refractivity contribution is -0.138. The fourth-order valence-electron chi connectivity index (χ4n) is 5.33. The second-order valence-electron chi connectivity index (χ2n) is 7.67. The van der Waals surface area contributed by atoms with Crippen LogP contribution in [-0.2, 0) is 4.79 Å². The zero-order valence-corrected chi connectivity index (χ0v) is 12.1. The van der Waals surface area contributed by atoms with E-state index in [2.05, 4.69) is 19.9 Å². The van der Waals surface area contributed by atoms with E-state index in [4.69, 9.17) is 0 Å². The van der Waals surface area contributed by atoms with Crippen molar-refractivity contribution in [1.29, 1.82) is 5.26 Å². The highest BCUT2D eigenvalue weighted by molar-refractivity contribution is 5.86. The van der Waals surface area contributed by atoms with Crippen LogP contribution in [-0.4, -0.2) is 5.78 Å². The molecule has 0 N–H and O–H groups in total. The van der Waals surface area contributed by atoms with Gasteiger partial charge >= 0.3 is 0 Å². The van der Waals surface area contributed by atoms with Crippen LogP contribution in [0.5, 0.6) is 0 Å². The Balaban J connectivity index is 1.75. The van der Waals surface area contributed by atoms with Gasteiger partial charge in [-0.3, -0.25) is 4.79 Å². The number of ketones is 1. The molecule has 4 bridgehead atoms. The maximum Gasteiger partial charge on any atom is 0.153 e. The van der Waals surface area contributed by atoms with Gasteiger partial charge in [-0.1, -0.05) is 13.8 Å². The molecular formula is C17H25NO. The molecule has 0 heterocycles. The molecule has 4 aliphatic rings. The average Bonchev–Trinajstić information content (AvgIpc) is 2.34. The normalized spacial score (nSPS) is 41.3. The summed E-state index contributed by atoms with van der Waals surface area (Å²) < 4.78 is 0. The molecule has 0 aromatic heterocycles. The number of hydrogen-bond acceptors (Lipinski definition) is 2. The predicted molar refractivity (Wildman–Crippen MR) is 74.1 cm³/mol. The maximum absolute atomic E-state index is 12.8. The molecule has 4 rings (SSSR count). The molecule has 19 heavy (non-hydrogen) atoms. The molecule has 0 aromatic carbocycles. The second-order valence-corrected chi connectivity index (χ2v) is 7.67. The van der Waals surface area contributed by atoms with E-state index in [1.807, 2.05) is 0 Å². The Bertz CT molecular complexity index is 378. The number of carbonyl (C=O) groups is 1. The Morgan fingerprint density at radius 2 is 1.63 bits per heavy atom. The summed E-state index contributed by atoms with van der Waals surface area (Å²) in [5, 5.41) is 9.33. The van der Waals surface area contributed by atoms with E-state index in [0.717, 1.165) is 18.3 Å². The number of nitrogens with zero attached hydrogens (tertiary/aromatic N) is 1. The average molecular weight is 259 g/mol. The van der Waals surface area contributed by atoms with Gasteiger partial charge in [-0.15, -0.1) is 0 Å². The van der Waals surface area contributed by atoms with Gasteiger partial charge in [0.2, 0.25) is 0 Å². The molecule has 0 amide bonds. The minimum atomic E-state index is -0.345. The lowest BCUT2D eigenvalue weighted by Crippen LogP contribution is -2.49. The minimum Gasteiger partial charge on any atom is -0.298 e. The van der Waals surface area contributed by atoms with Crippen LogP contribution in [0.3, 0.4) is 0 Å². The third-order valence-electron chi connectivity index (χ3n) is 5.76. The molecule has 4 fully saturated rings. The summed E-state index contributed by atoms with van der Waals surface area (Å²) in [5.41, 5.74) is 0. The Morgan fingerprint density at radius 3 is 2.05 bits per heavy atom. The number of Topliss-reactive ketones (excluding diaryl/α,β-unsaturated/α-hetero) is 1. The van der Waals surface area contributed by atoms with Gasteiger partial charge in [0.15, 0.2) is 5.78 Å². The summed E-state index contributed by atoms with van der Waals surface area (Å²) in [7, 11) is 0. The Labute approximate surface area is 116 Å². The van der Waals surface area contributed by atoms with Gasteiger partial charge in [0, 0.05) is 5.92 Å². The minimum absolute atomic E-state index is 0.233. The van der Waals surface area contributed by atoms with E-state index in [9.17, 15) is 10.1 Å². The first-order chi connectivity index (χ1) is 9.08. The number of nitriles is 1. The van der Waals surface area contributed by atoms with Crippen LogP contribution in [0, 0.1) is 52.8 Å². The van der Waals surface area contributed by atoms with Crippen molar-refractivity contribution in [2.24, 2.45) is 41.4 Å². The predicted octanol–water partition coefficient (Wildman–Crippen LogP) is 3.81. The van der Waals surface area contributed by atoms with Gasteiger partial charge in [0.05, 0.1) is 6.07 Å². The molecule has 0 spiro atoms. The molecule has 0 saturated heterocycles. The summed E-state index contributed by atoms with van der Waals surface area (Å²) in [5.74, 6) is 3.65. The van der Waals surface area contributed by atoms with E-state index < -0.39 is 0 Å². The zero-order chi connectivity index (χ0) is 13.6. The van der Waals surface area contributed by atoms with Gasteiger partial charge in [-0.25, -0.2) is 0 Å². The fourth-order valence-corrected chi connectivity index (χ4v) is 5.33. The molecule has 2 nitrogen and oxygen atoms in total. The van der Waals surface area contributed by atoms with Crippen LogP contribution >= 0.6 is 0 Å². The summed E-state index contributed by atoms with van der Waals surface area (Å²) in [6.07, 6.45) is 7.23. The SMILES string of the molecule is CC(C)CC(C#N)C(=O)C1C2CC3CC(C2)CC1C3. The van der Waals surface area contributed by atoms with Crippen LogP contribution in [0.1, 0.15) is 52.4 Å². The molecule has 1 atom stereocenters. The van der Waals surface area contributed by atoms with Crippen molar-refractivity contribution in [3.05, 3.63) is 0 Å². The van der Waals surface area contributed by atoms with Crippen LogP contribution in [0.15, 0.2) is 0 Å². The lowest BCUT2D eigenvalue weighted by atomic mass is 9.50. The standard InChI is InChI=1S/C17H25NO/c1-10(2)3-15(9-18)17(19)16-13-5-11-4-12(7-13)8-14(16)6-11/h10-16H,3-8H2,1-2H3. The molecule has 0 aromatic rings. The summed E-state index contributed by atoms with van der Waals surface area (Å²) in [4.78, 5) is 12.8. The quantitative estimate of drug-likeness (QED) is 0.770. The van der Waals surface area contributed by atoms with E-state index >= 15 is 0 Å². The lowest BCUT2D eigenvalue weighted by Gasteiger charge is -2.54. The number of carbonyl (C=O) groups excluding carboxylic acids is 1. The third kappa shape index (κ3) is 2.33. The summed E-state index contributed by atoms with van der Waals surface area (Å²) in [6.45, 7) is 4.21. The fraction of sp³-hybridized carbons (Fsp3) is 0.882. The van der Waals surface area contributed by atoms with Gasteiger partial charge in [-0.05, 0) is 68.1 Å². The molecule has 4 aliphatic carbocycles. The van der Waals surface area contributed by atoms with E-state index in [1.54, 1.807) is 0 Å². The van der Waals surface area contributed by atoms with Crippen molar-refractivity contribution in [2.45, 2.75) is 52.4 Å². The molecule has 0 aliphatic heterocycles. The molecule has 1 unspecified atom stereocenters. The molecule has 104 valence electrons. The van der Waals surface area contributed by atoms with Gasteiger partial charge in [-0.2, -0.15) is 5.26 Å². The van der Waals surface area contributed by atoms with E-state index in [1.165, 1.54) is 32.1 Å². The monoisotopic (exact) mass is 259 g/mol. The summed E-state index contributed by atoms with van der Waals surface area (Å²) >= 11 is 0. The van der Waals surface area contributed by atoms with Crippen molar-refractivity contribution >= 4 is 5.78 Å². The molecular weight excluding hydrogens is 234 g/mol. The highest BCUT2D eigenvalue weighted by Gasteiger charge is 2.51. The van der Waals surface area contributed by atoms with Crippen molar-refractivity contribution < 1.29 is 4.79 Å². The highest BCUT2D eigenvalue weighted by atomic mass is 16.1. The first-order valence-corrected chi connectivity index (χ1v) is 8.01. The van der Waals surface area contributed by atoms with Crippen LogP contribution < -0.4 is 0 Å². The van der Waals surface area contributed by atoms with Crippen molar-refractivity contribution in [3.63, 3.8) is 0 Å². The first kappa shape index (κ1) is 13.2. The second kappa shape index (κ2) is 4.93. The maximum atomic E-state index is 12.8. The Hall–Kier alpha value is -0.840. The summed E-state index contributed by atoms with van der Waals surface area (Å²) in [6, 6.07) is 2.29. The number of hydrogen-bond donors (Lipinski definition) is 0. The third-order valence-corrected chi connectivity index (χ3v) is 5.76. The topological polar surface area (TPSA) is 40.9 Å². The first-order valence-electron chi connectivity index (χ1n) is 8.01. The van der Waals surface area contributed by atoms with Crippen molar-refractivity contribution in [2.75, 3.05) is 0 Å². The molecule has 2 heteroatoms. The Kier molecular flexibility index (Phi) is 3.41. The van der Waals surface area contributed by atoms with E-state index in [-0.39, 0.29) is 11.8 Å². The number of rotatable bonds is 4. The van der Waals surface area contributed by atoms with Gasteiger partial charge < -0.3 is 0 Å². The van der Waals surface area contributed by atoms with Gasteiger partial charge in [0.1, 0.15) is 5.92 Å². The molecule has 4 saturated carbocycles. The molecule has 0 radical (unpaired) electrons.